The van der Waals surface area contributed by atoms with E-state index in [0.29, 0.717) is 13.2 Å². The third-order valence-corrected chi connectivity index (χ3v) is 2.68. The monoisotopic (exact) mass is 221 g/mol. The molecule has 1 saturated heterocycles. The van der Waals surface area contributed by atoms with Crippen LogP contribution in [0.4, 0.5) is 0 Å². The third kappa shape index (κ3) is 2.14. The van der Waals surface area contributed by atoms with E-state index in [4.69, 9.17) is 4.84 Å². The van der Waals surface area contributed by atoms with Crippen molar-refractivity contribution in [2.75, 3.05) is 13.2 Å². The average molecular weight is 221 g/mol. The SMILES string of the molecule is Cc1c(/C=C/C(=O)N2CCCO2)cnn1C. The minimum Gasteiger partial charge on any atom is -0.272 e. The normalized spacial score (nSPS) is 16.2. The first-order valence-electron chi connectivity index (χ1n) is 5.29. The molecule has 1 aromatic heterocycles. The Morgan fingerprint density at radius 1 is 1.62 bits per heavy atom. The Hall–Kier alpha value is -1.62. The topological polar surface area (TPSA) is 47.4 Å². The molecule has 0 radical (unpaired) electrons. The highest BCUT2D eigenvalue weighted by molar-refractivity contribution is 5.91. The van der Waals surface area contributed by atoms with E-state index in [-0.39, 0.29) is 5.91 Å². The summed E-state index contributed by atoms with van der Waals surface area (Å²) in [6, 6.07) is 0. The van der Waals surface area contributed by atoms with Gasteiger partial charge in [0.05, 0.1) is 19.3 Å². The predicted octanol–water partition coefficient (Wildman–Crippen LogP) is 0.906. The van der Waals surface area contributed by atoms with Gasteiger partial charge in [-0.3, -0.25) is 14.3 Å². The largest absolute Gasteiger partial charge is 0.272 e. The Morgan fingerprint density at radius 2 is 2.44 bits per heavy atom. The lowest BCUT2D eigenvalue weighted by Gasteiger charge is -2.10. The van der Waals surface area contributed by atoms with Gasteiger partial charge >= 0.3 is 0 Å². The van der Waals surface area contributed by atoms with Crippen LogP contribution in [0.1, 0.15) is 17.7 Å². The van der Waals surface area contributed by atoms with Gasteiger partial charge in [0, 0.05) is 24.4 Å². The molecule has 1 aliphatic heterocycles. The summed E-state index contributed by atoms with van der Waals surface area (Å²) >= 11 is 0. The van der Waals surface area contributed by atoms with E-state index < -0.39 is 0 Å². The summed E-state index contributed by atoms with van der Waals surface area (Å²) in [6.07, 6.45) is 5.94. The summed E-state index contributed by atoms with van der Waals surface area (Å²) in [5.74, 6) is -0.110. The maximum absolute atomic E-state index is 11.6. The lowest BCUT2D eigenvalue weighted by molar-refractivity contribution is -0.162. The van der Waals surface area contributed by atoms with E-state index in [1.165, 1.54) is 11.1 Å². The van der Waals surface area contributed by atoms with Crippen LogP contribution in [0.2, 0.25) is 0 Å². The van der Waals surface area contributed by atoms with E-state index in [2.05, 4.69) is 5.10 Å². The van der Waals surface area contributed by atoms with Crippen LogP contribution in [-0.2, 0) is 16.7 Å². The van der Waals surface area contributed by atoms with Crippen LogP contribution in [0.15, 0.2) is 12.3 Å². The third-order valence-electron chi connectivity index (χ3n) is 2.68. The van der Waals surface area contributed by atoms with Crippen molar-refractivity contribution in [3.05, 3.63) is 23.5 Å². The number of amides is 1. The Morgan fingerprint density at radius 3 is 3.00 bits per heavy atom. The van der Waals surface area contributed by atoms with Crippen molar-refractivity contribution in [2.45, 2.75) is 13.3 Å². The maximum Gasteiger partial charge on any atom is 0.270 e. The van der Waals surface area contributed by atoms with Crippen LogP contribution < -0.4 is 0 Å². The molecule has 0 aliphatic carbocycles. The highest BCUT2D eigenvalue weighted by Crippen LogP contribution is 2.09. The standard InChI is InChI=1S/C11H15N3O2/c1-9-10(8-12-13(9)2)4-5-11(15)14-6-3-7-16-14/h4-5,8H,3,6-7H2,1-2H3/b5-4+. The van der Waals surface area contributed by atoms with Crippen LogP contribution >= 0.6 is 0 Å². The molecule has 1 amide bonds. The van der Waals surface area contributed by atoms with Gasteiger partial charge in [0.25, 0.3) is 5.91 Å². The van der Waals surface area contributed by atoms with Gasteiger partial charge in [-0.1, -0.05) is 0 Å². The molecule has 1 aliphatic rings. The van der Waals surface area contributed by atoms with Gasteiger partial charge in [0.2, 0.25) is 0 Å². The Bertz CT molecular complexity index is 417. The first kappa shape index (κ1) is 10.9. The molecule has 5 nitrogen and oxygen atoms in total. The van der Waals surface area contributed by atoms with Crippen molar-refractivity contribution in [1.82, 2.24) is 14.8 Å². The summed E-state index contributed by atoms with van der Waals surface area (Å²) in [6.45, 7) is 3.27. The zero-order chi connectivity index (χ0) is 11.5. The number of hydroxylamine groups is 2. The molecule has 0 atom stereocenters. The molecule has 5 heteroatoms. The number of hydrogen-bond acceptors (Lipinski definition) is 3. The zero-order valence-corrected chi connectivity index (χ0v) is 9.51. The van der Waals surface area contributed by atoms with Crippen molar-refractivity contribution >= 4 is 12.0 Å². The molecule has 0 aromatic carbocycles. The first-order valence-corrected chi connectivity index (χ1v) is 5.29. The summed E-state index contributed by atoms with van der Waals surface area (Å²) in [7, 11) is 1.87. The number of aryl methyl sites for hydroxylation is 1. The van der Waals surface area contributed by atoms with E-state index >= 15 is 0 Å². The molecule has 0 N–H and O–H groups in total. The van der Waals surface area contributed by atoms with Crippen LogP contribution in [0.25, 0.3) is 6.08 Å². The molecular formula is C11H15N3O2. The number of rotatable bonds is 2. The van der Waals surface area contributed by atoms with Gasteiger partial charge in [0.15, 0.2) is 0 Å². The van der Waals surface area contributed by atoms with Crippen LogP contribution in [0.5, 0.6) is 0 Å². The first-order chi connectivity index (χ1) is 7.68. The second-order valence-electron chi connectivity index (χ2n) is 3.77. The smallest absolute Gasteiger partial charge is 0.270 e. The summed E-state index contributed by atoms with van der Waals surface area (Å²) in [5.41, 5.74) is 1.99. The molecule has 2 rings (SSSR count). The molecule has 0 spiro atoms. The lowest BCUT2D eigenvalue weighted by atomic mass is 10.2. The molecule has 0 unspecified atom stereocenters. The number of carbonyl (C=O) groups excluding carboxylic acids is 1. The van der Waals surface area contributed by atoms with Gasteiger partial charge in [-0.2, -0.15) is 5.10 Å². The number of hydrogen-bond donors (Lipinski definition) is 0. The second-order valence-corrected chi connectivity index (χ2v) is 3.77. The van der Waals surface area contributed by atoms with E-state index in [1.54, 1.807) is 17.0 Å². The van der Waals surface area contributed by atoms with Crippen molar-refractivity contribution < 1.29 is 9.63 Å². The van der Waals surface area contributed by atoms with Crippen LogP contribution in [0, 0.1) is 6.92 Å². The van der Waals surface area contributed by atoms with Crippen molar-refractivity contribution in [3.8, 4) is 0 Å². The van der Waals surface area contributed by atoms with Gasteiger partial charge in [0.1, 0.15) is 0 Å². The summed E-state index contributed by atoms with van der Waals surface area (Å²) in [5, 5.41) is 5.49. The second kappa shape index (κ2) is 4.49. The van der Waals surface area contributed by atoms with E-state index in [1.807, 2.05) is 14.0 Å². The predicted molar refractivity (Wildman–Crippen MR) is 59.3 cm³/mol. The quantitative estimate of drug-likeness (QED) is 0.697. The van der Waals surface area contributed by atoms with E-state index in [0.717, 1.165) is 17.7 Å². The highest BCUT2D eigenvalue weighted by atomic mass is 16.7. The Balaban J connectivity index is 2.03. The summed E-state index contributed by atoms with van der Waals surface area (Å²) < 4.78 is 1.77. The molecule has 0 saturated carbocycles. The molecular weight excluding hydrogens is 206 g/mol. The fourth-order valence-corrected chi connectivity index (χ4v) is 1.54. The molecule has 2 heterocycles. The maximum atomic E-state index is 11.6. The Labute approximate surface area is 94.3 Å². The zero-order valence-electron chi connectivity index (χ0n) is 9.51. The lowest BCUT2D eigenvalue weighted by Crippen LogP contribution is -2.24. The summed E-state index contributed by atoms with van der Waals surface area (Å²) in [4.78, 5) is 16.8. The fourth-order valence-electron chi connectivity index (χ4n) is 1.54. The molecule has 16 heavy (non-hydrogen) atoms. The number of aromatic nitrogens is 2. The molecule has 1 aromatic rings. The number of nitrogens with zero attached hydrogens (tertiary/aromatic N) is 3. The minimum absolute atomic E-state index is 0.110. The van der Waals surface area contributed by atoms with E-state index in [9.17, 15) is 4.79 Å². The van der Waals surface area contributed by atoms with Crippen LogP contribution in [0.3, 0.4) is 0 Å². The van der Waals surface area contributed by atoms with Gasteiger partial charge in [-0.25, -0.2) is 5.06 Å². The van der Waals surface area contributed by atoms with Gasteiger partial charge < -0.3 is 0 Å². The number of carbonyl (C=O) groups is 1. The van der Waals surface area contributed by atoms with Crippen molar-refractivity contribution in [2.24, 2.45) is 7.05 Å². The highest BCUT2D eigenvalue weighted by Gasteiger charge is 2.16. The van der Waals surface area contributed by atoms with Gasteiger partial charge in [-0.05, 0) is 19.4 Å². The minimum atomic E-state index is -0.110. The molecule has 86 valence electrons. The van der Waals surface area contributed by atoms with Crippen molar-refractivity contribution in [3.63, 3.8) is 0 Å². The van der Waals surface area contributed by atoms with Gasteiger partial charge in [-0.15, -0.1) is 0 Å². The van der Waals surface area contributed by atoms with Crippen LogP contribution in [-0.4, -0.2) is 33.9 Å². The Kier molecular flexibility index (Phi) is 3.05. The molecule has 1 fully saturated rings. The molecule has 0 bridgehead atoms. The van der Waals surface area contributed by atoms with Crippen molar-refractivity contribution in [1.29, 1.82) is 0 Å². The average Bonchev–Trinajstić information content (AvgIpc) is 2.89. The fraction of sp³-hybridized carbons (Fsp3) is 0.455.